The number of hydrogen-bond donors (Lipinski definition) is 2. The Labute approximate surface area is 105 Å². The van der Waals surface area contributed by atoms with E-state index in [9.17, 15) is 4.79 Å². The van der Waals surface area contributed by atoms with Crippen LogP contribution in [-0.4, -0.2) is 23.0 Å². The first-order valence-electron chi connectivity index (χ1n) is 5.92. The van der Waals surface area contributed by atoms with Crippen LogP contribution in [0, 0.1) is 5.92 Å². The fourth-order valence-corrected chi connectivity index (χ4v) is 2.97. The zero-order valence-corrected chi connectivity index (χ0v) is 10.1. The van der Waals surface area contributed by atoms with E-state index in [-0.39, 0.29) is 11.8 Å². The smallest absolute Gasteiger partial charge is 0.230 e. The van der Waals surface area contributed by atoms with Gasteiger partial charge in [0, 0.05) is 12.1 Å². The van der Waals surface area contributed by atoms with Crippen molar-refractivity contribution in [1.82, 2.24) is 10.3 Å². The molecule has 3 unspecified atom stereocenters. The molecule has 0 radical (unpaired) electrons. The fraction of sp³-hybridized carbons (Fsp3) is 0.500. The maximum Gasteiger partial charge on any atom is 0.230 e. The molecule has 17 heavy (non-hydrogen) atoms. The van der Waals surface area contributed by atoms with Gasteiger partial charge < -0.3 is 10.6 Å². The Morgan fingerprint density at radius 3 is 3.00 bits per heavy atom. The molecular weight excluding hydrogens is 238 g/mol. The van der Waals surface area contributed by atoms with Crippen molar-refractivity contribution in [3.8, 4) is 0 Å². The number of carbonyl (C=O) groups is 1. The highest BCUT2D eigenvalue weighted by atomic mass is 35.5. The summed E-state index contributed by atoms with van der Waals surface area (Å²) in [6.07, 6.45) is 3.24. The SMILES string of the molecule is O=C(Nc1cccc(Cl)n1)C1CC2CCC1N2. The number of aromatic nitrogens is 1. The first kappa shape index (κ1) is 11.0. The fourth-order valence-electron chi connectivity index (χ4n) is 2.81. The van der Waals surface area contributed by atoms with Crippen molar-refractivity contribution in [2.24, 2.45) is 5.92 Å². The molecule has 0 saturated carbocycles. The summed E-state index contributed by atoms with van der Waals surface area (Å²) in [4.78, 5) is 16.1. The van der Waals surface area contributed by atoms with Gasteiger partial charge in [0.15, 0.2) is 0 Å². The molecule has 4 nitrogen and oxygen atoms in total. The maximum absolute atomic E-state index is 12.1. The summed E-state index contributed by atoms with van der Waals surface area (Å²) in [5, 5.41) is 6.68. The van der Waals surface area contributed by atoms with Gasteiger partial charge in [0.2, 0.25) is 5.91 Å². The molecule has 0 aliphatic carbocycles. The second-order valence-corrected chi connectivity index (χ2v) is 5.11. The van der Waals surface area contributed by atoms with E-state index in [1.807, 2.05) is 0 Å². The predicted octanol–water partition coefficient (Wildman–Crippen LogP) is 1.81. The Balaban J connectivity index is 1.68. The topological polar surface area (TPSA) is 54.0 Å². The summed E-state index contributed by atoms with van der Waals surface area (Å²) in [6, 6.07) is 6.10. The number of carbonyl (C=O) groups excluding carboxylic acids is 1. The summed E-state index contributed by atoms with van der Waals surface area (Å²) in [5.74, 6) is 0.666. The van der Waals surface area contributed by atoms with Crippen molar-refractivity contribution in [2.45, 2.75) is 31.3 Å². The van der Waals surface area contributed by atoms with E-state index in [1.54, 1.807) is 18.2 Å². The number of nitrogens with zero attached hydrogens (tertiary/aromatic N) is 1. The van der Waals surface area contributed by atoms with Gasteiger partial charge in [0.1, 0.15) is 11.0 Å². The highest BCUT2D eigenvalue weighted by Gasteiger charge is 2.42. The van der Waals surface area contributed by atoms with Gasteiger partial charge in [-0.2, -0.15) is 0 Å². The van der Waals surface area contributed by atoms with E-state index in [0.29, 0.717) is 23.1 Å². The van der Waals surface area contributed by atoms with Crippen LogP contribution in [0.1, 0.15) is 19.3 Å². The molecule has 90 valence electrons. The third-order valence-corrected chi connectivity index (χ3v) is 3.81. The van der Waals surface area contributed by atoms with Crippen LogP contribution >= 0.6 is 11.6 Å². The van der Waals surface area contributed by atoms with Crippen molar-refractivity contribution in [3.05, 3.63) is 23.4 Å². The minimum absolute atomic E-state index is 0.0551. The largest absolute Gasteiger partial charge is 0.310 e. The van der Waals surface area contributed by atoms with Crippen LogP contribution in [0.5, 0.6) is 0 Å². The Morgan fingerprint density at radius 2 is 2.35 bits per heavy atom. The number of halogens is 1. The van der Waals surface area contributed by atoms with Gasteiger partial charge in [-0.3, -0.25) is 4.79 Å². The van der Waals surface area contributed by atoms with Gasteiger partial charge in [-0.15, -0.1) is 0 Å². The van der Waals surface area contributed by atoms with E-state index >= 15 is 0 Å². The molecule has 2 saturated heterocycles. The van der Waals surface area contributed by atoms with Crippen molar-refractivity contribution < 1.29 is 4.79 Å². The van der Waals surface area contributed by atoms with E-state index in [4.69, 9.17) is 11.6 Å². The second kappa shape index (κ2) is 4.27. The Morgan fingerprint density at radius 1 is 1.47 bits per heavy atom. The number of rotatable bonds is 2. The van der Waals surface area contributed by atoms with Crippen LogP contribution in [0.3, 0.4) is 0 Å². The van der Waals surface area contributed by atoms with Crippen molar-refractivity contribution in [1.29, 1.82) is 0 Å². The van der Waals surface area contributed by atoms with Gasteiger partial charge in [-0.1, -0.05) is 17.7 Å². The number of nitrogens with one attached hydrogen (secondary N) is 2. The van der Waals surface area contributed by atoms with Crippen LogP contribution in [0.2, 0.25) is 5.15 Å². The molecule has 2 N–H and O–H groups in total. The summed E-state index contributed by atoms with van der Waals surface area (Å²) in [7, 11) is 0. The van der Waals surface area contributed by atoms with Gasteiger partial charge in [-0.05, 0) is 31.4 Å². The summed E-state index contributed by atoms with van der Waals surface area (Å²) in [6.45, 7) is 0. The molecule has 1 aromatic heterocycles. The maximum atomic E-state index is 12.1. The van der Waals surface area contributed by atoms with E-state index < -0.39 is 0 Å². The van der Waals surface area contributed by atoms with Gasteiger partial charge in [-0.25, -0.2) is 4.98 Å². The van der Waals surface area contributed by atoms with Gasteiger partial charge in [0.05, 0.1) is 5.92 Å². The summed E-state index contributed by atoms with van der Waals surface area (Å²) < 4.78 is 0. The number of anilines is 1. The predicted molar refractivity (Wildman–Crippen MR) is 65.9 cm³/mol. The third-order valence-electron chi connectivity index (χ3n) is 3.60. The molecule has 2 aliphatic rings. The average Bonchev–Trinajstić information content (AvgIpc) is 2.90. The Bertz CT molecular complexity index is 451. The van der Waals surface area contributed by atoms with Crippen LogP contribution < -0.4 is 10.6 Å². The monoisotopic (exact) mass is 251 g/mol. The number of hydrogen-bond acceptors (Lipinski definition) is 3. The molecule has 3 atom stereocenters. The molecule has 0 spiro atoms. The molecule has 1 amide bonds. The molecule has 3 heterocycles. The molecule has 2 fully saturated rings. The molecule has 0 aromatic carbocycles. The Kier molecular flexibility index (Phi) is 2.76. The zero-order chi connectivity index (χ0) is 11.8. The molecule has 5 heteroatoms. The Hall–Kier alpha value is -1.13. The minimum atomic E-state index is 0.0551. The minimum Gasteiger partial charge on any atom is -0.310 e. The second-order valence-electron chi connectivity index (χ2n) is 4.72. The normalized spacial score (nSPS) is 30.5. The van der Waals surface area contributed by atoms with E-state index in [1.165, 1.54) is 6.42 Å². The lowest BCUT2D eigenvalue weighted by molar-refractivity contribution is -0.120. The lowest BCUT2D eigenvalue weighted by Crippen LogP contribution is -2.33. The van der Waals surface area contributed by atoms with E-state index in [0.717, 1.165) is 12.8 Å². The molecule has 1 aromatic rings. The first-order valence-corrected chi connectivity index (χ1v) is 6.29. The van der Waals surface area contributed by atoms with Crippen LogP contribution in [0.25, 0.3) is 0 Å². The highest BCUT2D eigenvalue weighted by Crippen LogP contribution is 2.33. The standard InChI is InChI=1S/C12H14ClN3O/c13-10-2-1-3-11(15-10)16-12(17)8-6-7-4-5-9(8)14-7/h1-3,7-9,14H,4-6H2,(H,15,16,17). The quantitative estimate of drug-likeness (QED) is 0.789. The highest BCUT2D eigenvalue weighted by molar-refractivity contribution is 6.29. The van der Waals surface area contributed by atoms with Gasteiger partial charge in [0.25, 0.3) is 0 Å². The van der Waals surface area contributed by atoms with Crippen LogP contribution in [0.4, 0.5) is 5.82 Å². The number of amides is 1. The third kappa shape index (κ3) is 2.15. The average molecular weight is 252 g/mol. The lowest BCUT2D eigenvalue weighted by Gasteiger charge is -2.18. The molecule has 2 aliphatic heterocycles. The first-order chi connectivity index (χ1) is 8.22. The summed E-state index contributed by atoms with van der Waals surface area (Å²) >= 11 is 5.78. The number of fused-ring (bicyclic) bond motifs is 2. The molecular formula is C12H14ClN3O. The van der Waals surface area contributed by atoms with Crippen LogP contribution in [0.15, 0.2) is 18.2 Å². The van der Waals surface area contributed by atoms with Crippen molar-refractivity contribution >= 4 is 23.3 Å². The molecule has 3 rings (SSSR count). The van der Waals surface area contributed by atoms with Crippen LogP contribution in [-0.2, 0) is 4.79 Å². The van der Waals surface area contributed by atoms with E-state index in [2.05, 4.69) is 15.6 Å². The van der Waals surface area contributed by atoms with Crippen molar-refractivity contribution in [3.63, 3.8) is 0 Å². The summed E-state index contributed by atoms with van der Waals surface area (Å²) in [5.41, 5.74) is 0. The lowest BCUT2D eigenvalue weighted by atomic mass is 9.88. The number of pyridine rings is 1. The molecule has 2 bridgehead atoms. The van der Waals surface area contributed by atoms with Crippen molar-refractivity contribution in [2.75, 3.05) is 5.32 Å². The van der Waals surface area contributed by atoms with Gasteiger partial charge >= 0.3 is 0 Å². The zero-order valence-electron chi connectivity index (χ0n) is 9.32.